The van der Waals surface area contributed by atoms with Gasteiger partial charge in [-0.25, -0.2) is 10.2 Å². The van der Waals surface area contributed by atoms with Crippen molar-refractivity contribution < 1.29 is 14.3 Å². The van der Waals surface area contributed by atoms with Crippen LogP contribution < -0.4 is 10.7 Å². The van der Waals surface area contributed by atoms with Crippen molar-refractivity contribution in [2.75, 3.05) is 11.9 Å². The average molecular weight is 339 g/mol. The van der Waals surface area contributed by atoms with Crippen molar-refractivity contribution in [1.29, 1.82) is 0 Å². The molecule has 25 heavy (non-hydrogen) atoms. The van der Waals surface area contributed by atoms with Gasteiger partial charge in [0, 0.05) is 17.8 Å². The molecule has 0 spiro atoms. The molecule has 0 saturated carbocycles. The number of anilines is 1. The highest BCUT2D eigenvalue weighted by atomic mass is 16.5. The molecule has 0 heterocycles. The Labute approximate surface area is 146 Å². The van der Waals surface area contributed by atoms with Crippen LogP contribution in [0.1, 0.15) is 29.8 Å². The van der Waals surface area contributed by atoms with E-state index in [0.29, 0.717) is 12.1 Å². The number of rotatable bonds is 7. The lowest BCUT2D eigenvalue weighted by Crippen LogP contribution is -2.23. The molecule has 0 saturated heterocycles. The zero-order chi connectivity index (χ0) is 18.1. The summed E-state index contributed by atoms with van der Waals surface area (Å²) in [5.74, 6) is -0.943. The lowest BCUT2D eigenvalue weighted by molar-refractivity contribution is -0.135. The molecule has 0 atom stereocenters. The van der Waals surface area contributed by atoms with E-state index in [2.05, 4.69) is 15.8 Å². The first-order chi connectivity index (χ1) is 12.1. The van der Waals surface area contributed by atoms with Crippen molar-refractivity contribution in [1.82, 2.24) is 5.43 Å². The average Bonchev–Trinajstić information content (AvgIpc) is 2.65. The number of nitrogens with zero attached hydrogens (tertiary/aromatic N) is 1. The number of carbonyl (C=O) groups is 2. The van der Waals surface area contributed by atoms with Gasteiger partial charge >= 0.3 is 5.97 Å². The number of hydrazone groups is 1. The predicted octanol–water partition coefficient (Wildman–Crippen LogP) is 2.97. The largest absolute Gasteiger partial charge is 0.461 e. The van der Waals surface area contributed by atoms with E-state index in [9.17, 15) is 9.59 Å². The number of benzene rings is 2. The molecule has 0 aliphatic carbocycles. The molecule has 6 nitrogen and oxygen atoms in total. The first-order valence-corrected chi connectivity index (χ1v) is 7.99. The molecular formula is C19H21N3O3. The molecule has 130 valence electrons. The number of hydrogen-bond acceptors (Lipinski definition) is 5. The Hall–Kier alpha value is -3.15. The van der Waals surface area contributed by atoms with E-state index < -0.39 is 11.9 Å². The normalized spacial score (nSPS) is 10.9. The highest BCUT2D eigenvalue weighted by Crippen LogP contribution is 2.11. The quantitative estimate of drug-likeness (QED) is 0.462. The minimum Gasteiger partial charge on any atom is -0.461 e. The Balaban J connectivity index is 1.89. The summed E-state index contributed by atoms with van der Waals surface area (Å²) in [6.07, 6.45) is 0. The molecule has 0 unspecified atom stereocenters. The highest BCUT2D eigenvalue weighted by Gasteiger charge is 2.08. The highest BCUT2D eigenvalue weighted by molar-refractivity contribution is 6.35. The van der Waals surface area contributed by atoms with Crippen molar-refractivity contribution in [3.05, 3.63) is 65.7 Å². The summed E-state index contributed by atoms with van der Waals surface area (Å²) in [7, 11) is 0. The molecule has 0 fully saturated rings. The number of carbonyl (C=O) groups excluding carboxylic acids is 2. The fourth-order valence-corrected chi connectivity index (χ4v) is 2.02. The van der Waals surface area contributed by atoms with E-state index in [1.165, 1.54) is 12.5 Å². The molecule has 0 bridgehead atoms. The van der Waals surface area contributed by atoms with Crippen molar-refractivity contribution >= 4 is 23.3 Å². The Morgan fingerprint density at radius 1 is 1.04 bits per heavy atom. The van der Waals surface area contributed by atoms with E-state index >= 15 is 0 Å². The minimum atomic E-state index is -0.553. The Bertz CT molecular complexity index is 740. The van der Waals surface area contributed by atoms with E-state index in [1.54, 1.807) is 19.1 Å². The summed E-state index contributed by atoms with van der Waals surface area (Å²) in [6.45, 7) is 4.15. The van der Waals surface area contributed by atoms with Crippen LogP contribution in [0.25, 0.3) is 0 Å². The van der Waals surface area contributed by atoms with Crippen LogP contribution in [0.4, 0.5) is 5.69 Å². The summed E-state index contributed by atoms with van der Waals surface area (Å²) >= 11 is 0. The van der Waals surface area contributed by atoms with Gasteiger partial charge in [-0.3, -0.25) is 4.79 Å². The first-order valence-electron chi connectivity index (χ1n) is 7.99. The SMILES string of the molecule is CCOC(=O)C(C)=NNC(=O)c1ccc(NCc2ccccc2)cc1. The monoisotopic (exact) mass is 339 g/mol. The molecule has 0 aliphatic rings. The van der Waals surface area contributed by atoms with Gasteiger partial charge in [0.15, 0.2) is 0 Å². The maximum absolute atomic E-state index is 12.0. The van der Waals surface area contributed by atoms with Crippen molar-refractivity contribution in [2.45, 2.75) is 20.4 Å². The van der Waals surface area contributed by atoms with Crippen LogP contribution in [0.3, 0.4) is 0 Å². The molecule has 2 aromatic carbocycles. The number of nitrogens with one attached hydrogen (secondary N) is 2. The van der Waals surface area contributed by atoms with Gasteiger partial charge in [-0.2, -0.15) is 5.10 Å². The Kier molecular flexibility index (Phi) is 6.71. The molecule has 2 rings (SSSR count). The molecule has 0 aromatic heterocycles. The molecule has 1 amide bonds. The number of ether oxygens (including phenoxy) is 1. The molecule has 2 N–H and O–H groups in total. The fraction of sp³-hybridized carbons (Fsp3) is 0.211. The Morgan fingerprint density at radius 2 is 1.72 bits per heavy atom. The summed E-state index contributed by atoms with van der Waals surface area (Å²) in [6, 6.07) is 17.1. The van der Waals surface area contributed by atoms with Crippen LogP contribution in [-0.2, 0) is 16.1 Å². The zero-order valence-electron chi connectivity index (χ0n) is 14.3. The second-order valence-corrected chi connectivity index (χ2v) is 5.28. The maximum atomic E-state index is 12.0. The number of hydrogen-bond donors (Lipinski definition) is 2. The van der Waals surface area contributed by atoms with Crippen molar-refractivity contribution in [3.63, 3.8) is 0 Å². The van der Waals surface area contributed by atoms with Crippen molar-refractivity contribution in [2.24, 2.45) is 5.10 Å². The van der Waals surface area contributed by atoms with E-state index in [-0.39, 0.29) is 12.3 Å². The summed E-state index contributed by atoms with van der Waals surface area (Å²) in [5, 5.41) is 7.03. The topological polar surface area (TPSA) is 79.8 Å². The molecule has 6 heteroatoms. The third-order valence-corrected chi connectivity index (χ3v) is 3.38. The van der Waals surface area contributed by atoms with Crippen molar-refractivity contribution in [3.8, 4) is 0 Å². The molecular weight excluding hydrogens is 318 g/mol. The second-order valence-electron chi connectivity index (χ2n) is 5.28. The molecule has 0 aliphatic heterocycles. The van der Waals surface area contributed by atoms with Crippen LogP contribution in [0.5, 0.6) is 0 Å². The lowest BCUT2D eigenvalue weighted by Gasteiger charge is -2.07. The van der Waals surface area contributed by atoms with Crippen LogP contribution >= 0.6 is 0 Å². The van der Waals surface area contributed by atoms with Gasteiger partial charge in [0.2, 0.25) is 0 Å². The predicted molar refractivity (Wildman–Crippen MR) is 97.4 cm³/mol. The van der Waals surface area contributed by atoms with E-state index in [0.717, 1.165) is 5.69 Å². The van der Waals surface area contributed by atoms with E-state index in [1.807, 2.05) is 42.5 Å². The molecule has 0 radical (unpaired) electrons. The fourth-order valence-electron chi connectivity index (χ4n) is 2.02. The lowest BCUT2D eigenvalue weighted by atomic mass is 10.2. The van der Waals surface area contributed by atoms with E-state index in [4.69, 9.17) is 4.74 Å². The molecule has 2 aromatic rings. The summed E-state index contributed by atoms with van der Waals surface area (Å²) < 4.78 is 4.79. The van der Waals surface area contributed by atoms with Gasteiger partial charge < -0.3 is 10.1 Å². The van der Waals surface area contributed by atoms with Gasteiger partial charge in [-0.15, -0.1) is 0 Å². The third kappa shape index (κ3) is 5.76. The standard InChI is InChI=1S/C19H21N3O3/c1-3-25-19(24)14(2)21-22-18(23)16-9-11-17(12-10-16)20-13-15-7-5-4-6-8-15/h4-12,20H,3,13H2,1-2H3,(H,22,23). The number of amides is 1. The van der Waals surface area contributed by atoms with Crippen LogP contribution in [0.2, 0.25) is 0 Å². The van der Waals surface area contributed by atoms with Gasteiger partial charge in [0.1, 0.15) is 5.71 Å². The second kappa shape index (κ2) is 9.22. The van der Waals surface area contributed by atoms with Crippen LogP contribution in [0, 0.1) is 0 Å². The van der Waals surface area contributed by atoms with Gasteiger partial charge in [-0.1, -0.05) is 30.3 Å². The summed E-state index contributed by atoms with van der Waals surface area (Å²) in [4.78, 5) is 23.4. The van der Waals surface area contributed by atoms with Gasteiger partial charge in [0.05, 0.1) is 6.61 Å². The maximum Gasteiger partial charge on any atom is 0.354 e. The zero-order valence-corrected chi connectivity index (χ0v) is 14.3. The van der Waals surface area contributed by atoms with Crippen LogP contribution in [0.15, 0.2) is 59.7 Å². The first kappa shape index (κ1) is 18.2. The smallest absolute Gasteiger partial charge is 0.354 e. The van der Waals surface area contributed by atoms with Gasteiger partial charge in [-0.05, 0) is 43.7 Å². The third-order valence-electron chi connectivity index (χ3n) is 3.38. The van der Waals surface area contributed by atoms with Gasteiger partial charge in [0.25, 0.3) is 5.91 Å². The number of esters is 1. The van der Waals surface area contributed by atoms with Crippen LogP contribution in [-0.4, -0.2) is 24.2 Å². The Morgan fingerprint density at radius 3 is 2.36 bits per heavy atom. The minimum absolute atomic E-state index is 0.0938. The summed E-state index contributed by atoms with van der Waals surface area (Å²) in [5.41, 5.74) is 4.97.